The Morgan fingerprint density at radius 2 is 1.89 bits per heavy atom. The zero-order valence-electron chi connectivity index (χ0n) is 16.2. The predicted octanol–water partition coefficient (Wildman–Crippen LogP) is 3.53. The van der Waals surface area contributed by atoms with Gasteiger partial charge in [-0.1, -0.05) is 13.3 Å². The van der Waals surface area contributed by atoms with E-state index in [4.69, 9.17) is 4.18 Å². The molecule has 0 saturated heterocycles. The number of nitrogens with zero attached hydrogens (tertiary/aromatic N) is 1. The topological polar surface area (TPSA) is 87.1 Å². The molecule has 0 heterocycles. The standard InChI is InChI=1S/C20H29NO5S/c1-20-9-4-5-15(20)13-7-6-12-11-16(26-27(24,25)21(2)3)18(22)19(23)17(12)14(13)8-10-20/h11,13-15,22-23H,4-10H2,1-3H3/t13?,14?,15?,20-/m0/s1. The molecule has 1 aromatic rings. The third kappa shape index (κ3) is 2.90. The molecule has 4 rings (SSSR count). The quantitative estimate of drug-likeness (QED) is 0.765. The normalized spacial score (nSPS) is 32.7. The fraction of sp³-hybridized carbons (Fsp3) is 0.700. The Bertz CT molecular complexity index is 866. The van der Waals surface area contributed by atoms with E-state index in [1.54, 1.807) is 6.07 Å². The van der Waals surface area contributed by atoms with Gasteiger partial charge in [-0.2, -0.15) is 12.7 Å². The molecule has 0 bridgehead atoms. The van der Waals surface area contributed by atoms with Gasteiger partial charge in [0.05, 0.1) is 0 Å². The van der Waals surface area contributed by atoms with E-state index in [1.165, 1.54) is 33.4 Å². The molecule has 0 aliphatic heterocycles. The molecule has 0 aromatic heterocycles. The Balaban J connectivity index is 1.72. The van der Waals surface area contributed by atoms with E-state index >= 15 is 0 Å². The summed E-state index contributed by atoms with van der Waals surface area (Å²) in [4.78, 5) is 0. The van der Waals surface area contributed by atoms with Crippen LogP contribution >= 0.6 is 0 Å². The molecular formula is C20H29NO5S. The van der Waals surface area contributed by atoms with E-state index in [1.807, 2.05) is 0 Å². The average molecular weight is 396 g/mol. The Kier molecular flexibility index (Phi) is 4.38. The van der Waals surface area contributed by atoms with Gasteiger partial charge in [-0.15, -0.1) is 0 Å². The van der Waals surface area contributed by atoms with Crippen LogP contribution in [0.3, 0.4) is 0 Å². The van der Waals surface area contributed by atoms with Gasteiger partial charge in [0.25, 0.3) is 0 Å². The first-order valence-electron chi connectivity index (χ1n) is 9.84. The van der Waals surface area contributed by atoms with Gasteiger partial charge in [-0.3, -0.25) is 0 Å². The summed E-state index contributed by atoms with van der Waals surface area (Å²) in [5.74, 6) is 0.569. The van der Waals surface area contributed by atoms with E-state index in [9.17, 15) is 18.6 Å². The van der Waals surface area contributed by atoms with Crippen molar-refractivity contribution in [1.29, 1.82) is 0 Å². The maximum Gasteiger partial charge on any atom is 0.384 e. The molecule has 2 N–H and O–H groups in total. The Morgan fingerprint density at radius 3 is 2.59 bits per heavy atom. The SMILES string of the molecule is CN(C)S(=O)(=O)Oc1cc2c(c(O)c1O)C1CC[C@]3(C)CCCC3C1CC2. The molecular weight excluding hydrogens is 366 g/mol. The molecule has 1 aromatic carbocycles. The minimum Gasteiger partial charge on any atom is -0.504 e. The van der Waals surface area contributed by atoms with Crippen molar-refractivity contribution in [2.24, 2.45) is 17.3 Å². The molecule has 3 aliphatic rings. The van der Waals surface area contributed by atoms with E-state index in [2.05, 4.69) is 6.92 Å². The minimum atomic E-state index is -4.00. The summed E-state index contributed by atoms with van der Waals surface area (Å²) in [7, 11) is -1.28. The van der Waals surface area contributed by atoms with Crippen LogP contribution in [0.25, 0.3) is 0 Å². The first-order chi connectivity index (χ1) is 12.6. The van der Waals surface area contributed by atoms with Crippen LogP contribution in [0, 0.1) is 17.3 Å². The van der Waals surface area contributed by atoms with Crippen molar-refractivity contribution in [3.05, 3.63) is 17.2 Å². The maximum atomic E-state index is 12.0. The lowest BCUT2D eigenvalue weighted by Crippen LogP contribution is -2.39. The first-order valence-corrected chi connectivity index (χ1v) is 11.2. The lowest BCUT2D eigenvalue weighted by atomic mass is 9.56. The third-order valence-corrected chi connectivity index (χ3v) is 8.63. The molecule has 0 spiro atoms. The number of benzene rings is 1. The lowest BCUT2D eigenvalue weighted by molar-refractivity contribution is 0.0587. The van der Waals surface area contributed by atoms with Gasteiger partial charge in [-0.05, 0) is 73.3 Å². The summed E-state index contributed by atoms with van der Waals surface area (Å²) in [6, 6.07) is 1.60. The number of hydrogen-bond acceptors (Lipinski definition) is 5. The van der Waals surface area contributed by atoms with Crippen LogP contribution in [-0.4, -0.2) is 37.0 Å². The largest absolute Gasteiger partial charge is 0.504 e. The fourth-order valence-electron chi connectivity index (χ4n) is 5.94. The van der Waals surface area contributed by atoms with Gasteiger partial charge in [0.2, 0.25) is 5.75 Å². The molecule has 2 fully saturated rings. The van der Waals surface area contributed by atoms with E-state index in [0.717, 1.165) is 41.1 Å². The lowest BCUT2D eigenvalue weighted by Gasteiger charge is -2.49. The highest BCUT2D eigenvalue weighted by molar-refractivity contribution is 7.84. The minimum absolute atomic E-state index is 0.195. The van der Waals surface area contributed by atoms with Gasteiger partial charge >= 0.3 is 10.3 Å². The van der Waals surface area contributed by atoms with Gasteiger partial charge in [-0.25, -0.2) is 0 Å². The summed E-state index contributed by atoms with van der Waals surface area (Å²) in [5, 5.41) is 21.2. The molecule has 6 nitrogen and oxygen atoms in total. The van der Waals surface area contributed by atoms with Gasteiger partial charge in [0.1, 0.15) is 0 Å². The number of phenolic OH excluding ortho intramolecular Hbond substituents is 2. The molecule has 7 heteroatoms. The molecule has 2 saturated carbocycles. The second-order valence-electron chi connectivity index (χ2n) is 8.97. The molecule has 0 radical (unpaired) electrons. The molecule has 150 valence electrons. The number of aryl methyl sites for hydroxylation is 1. The second-order valence-corrected chi connectivity index (χ2v) is 10.7. The Morgan fingerprint density at radius 1 is 1.15 bits per heavy atom. The van der Waals surface area contributed by atoms with Crippen LogP contribution in [0.5, 0.6) is 17.2 Å². The summed E-state index contributed by atoms with van der Waals surface area (Å²) >= 11 is 0. The highest BCUT2D eigenvalue weighted by atomic mass is 32.2. The van der Waals surface area contributed by atoms with Crippen molar-refractivity contribution < 1.29 is 22.8 Å². The zero-order valence-corrected chi connectivity index (χ0v) is 17.1. The van der Waals surface area contributed by atoms with Crippen LogP contribution in [0.15, 0.2) is 6.07 Å². The number of fused-ring (bicyclic) bond motifs is 5. The molecule has 27 heavy (non-hydrogen) atoms. The van der Waals surface area contributed by atoms with E-state index < -0.39 is 16.1 Å². The second kappa shape index (κ2) is 6.27. The summed E-state index contributed by atoms with van der Waals surface area (Å²) in [6.45, 7) is 2.41. The van der Waals surface area contributed by atoms with Gasteiger partial charge < -0.3 is 14.4 Å². The highest BCUT2D eigenvalue weighted by Gasteiger charge is 2.51. The van der Waals surface area contributed by atoms with Crippen LogP contribution in [0.4, 0.5) is 0 Å². The zero-order chi connectivity index (χ0) is 19.6. The van der Waals surface area contributed by atoms with Crippen molar-refractivity contribution in [3.8, 4) is 17.2 Å². The Hall–Kier alpha value is -1.47. The van der Waals surface area contributed by atoms with Crippen molar-refractivity contribution in [3.63, 3.8) is 0 Å². The molecule has 0 amide bonds. The number of phenols is 2. The van der Waals surface area contributed by atoms with Crippen LogP contribution in [-0.2, 0) is 16.7 Å². The summed E-state index contributed by atoms with van der Waals surface area (Å²) < 4.78 is 30.0. The van der Waals surface area contributed by atoms with Crippen LogP contribution < -0.4 is 4.18 Å². The van der Waals surface area contributed by atoms with E-state index in [-0.39, 0.29) is 17.4 Å². The molecule has 3 aliphatic carbocycles. The van der Waals surface area contributed by atoms with Crippen molar-refractivity contribution in [2.45, 2.75) is 57.8 Å². The first kappa shape index (κ1) is 18.9. The number of aromatic hydroxyl groups is 2. The smallest absolute Gasteiger partial charge is 0.384 e. The highest BCUT2D eigenvalue weighted by Crippen LogP contribution is 2.62. The average Bonchev–Trinajstić information content (AvgIpc) is 3.00. The van der Waals surface area contributed by atoms with Gasteiger partial charge in [0.15, 0.2) is 11.5 Å². The van der Waals surface area contributed by atoms with Gasteiger partial charge in [0, 0.05) is 19.7 Å². The monoisotopic (exact) mass is 395 g/mol. The molecule has 4 atom stereocenters. The number of rotatable bonds is 3. The van der Waals surface area contributed by atoms with Crippen LogP contribution in [0.1, 0.15) is 62.5 Å². The number of hydrogen-bond donors (Lipinski definition) is 2. The van der Waals surface area contributed by atoms with Crippen molar-refractivity contribution in [2.75, 3.05) is 14.1 Å². The third-order valence-electron chi connectivity index (χ3n) is 7.34. The molecule has 3 unspecified atom stereocenters. The maximum absolute atomic E-state index is 12.0. The predicted molar refractivity (Wildman–Crippen MR) is 102 cm³/mol. The summed E-state index contributed by atoms with van der Waals surface area (Å²) in [5.41, 5.74) is 2.13. The Labute approximate surface area is 161 Å². The van der Waals surface area contributed by atoms with Crippen LogP contribution in [0.2, 0.25) is 0 Å². The van der Waals surface area contributed by atoms with E-state index in [0.29, 0.717) is 17.3 Å². The van der Waals surface area contributed by atoms with Crippen molar-refractivity contribution >= 4 is 10.3 Å². The van der Waals surface area contributed by atoms with Crippen molar-refractivity contribution in [1.82, 2.24) is 4.31 Å². The fourth-order valence-corrected chi connectivity index (χ4v) is 6.44. The summed E-state index contributed by atoms with van der Waals surface area (Å²) in [6.07, 6.45) is 7.79.